The molecule has 0 spiro atoms. The van der Waals surface area contributed by atoms with E-state index >= 15 is 0 Å². The standard InChI is InChI=1S/C24H33FN4O3/c1-2-32-23(30)21-20(26-24(31)27-22(21)17-8-10-18(25)11-9-17)16-28-12-14-29(15-13-28)19-6-4-3-5-7-19/h8-11,19,22H,2-7,12-16H2,1H3,(H2,26,27,31)/t22-/m1/s1. The van der Waals surface area contributed by atoms with Crippen LogP contribution >= 0.6 is 0 Å². The third kappa shape index (κ3) is 5.30. The van der Waals surface area contributed by atoms with Gasteiger partial charge in [0, 0.05) is 44.5 Å². The van der Waals surface area contributed by atoms with Gasteiger partial charge in [-0.15, -0.1) is 0 Å². The SMILES string of the molecule is CCOC(=O)C1=C(CN2CCN(C3CCCCC3)CC2)NC(=O)N[C@@H]1c1ccc(F)cc1. The third-order valence-electron chi connectivity index (χ3n) is 6.73. The summed E-state index contributed by atoms with van der Waals surface area (Å²) in [5.41, 5.74) is 1.59. The van der Waals surface area contributed by atoms with E-state index in [1.54, 1.807) is 19.1 Å². The molecule has 4 rings (SSSR count). The third-order valence-corrected chi connectivity index (χ3v) is 6.73. The van der Waals surface area contributed by atoms with E-state index in [2.05, 4.69) is 20.4 Å². The van der Waals surface area contributed by atoms with E-state index in [0.29, 0.717) is 29.4 Å². The molecule has 1 aromatic carbocycles. The lowest BCUT2D eigenvalue weighted by Gasteiger charge is -2.41. The van der Waals surface area contributed by atoms with Gasteiger partial charge in [0.25, 0.3) is 0 Å². The number of amides is 2. The van der Waals surface area contributed by atoms with Crippen molar-refractivity contribution in [3.05, 3.63) is 46.9 Å². The van der Waals surface area contributed by atoms with Crippen LogP contribution in [-0.2, 0) is 9.53 Å². The van der Waals surface area contributed by atoms with Crippen molar-refractivity contribution in [3.8, 4) is 0 Å². The number of urea groups is 1. The number of ether oxygens (including phenoxy) is 1. The summed E-state index contributed by atoms with van der Waals surface area (Å²) in [5.74, 6) is -0.836. The molecule has 1 saturated heterocycles. The Kier molecular flexibility index (Phi) is 7.42. The molecular weight excluding hydrogens is 411 g/mol. The van der Waals surface area contributed by atoms with Crippen LogP contribution in [0.5, 0.6) is 0 Å². The molecule has 0 unspecified atom stereocenters. The molecule has 32 heavy (non-hydrogen) atoms. The maximum absolute atomic E-state index is 13.4. The lowest BCUT2D eigenvalue weighted by atomic mass is 9.93. The van der Waals surface area contributed by atoms with Crippen LogP contribution in [0.4, 0.5) is 9.18 Å². The lowest BCUT2D eigenvalue weighted by molar-refractivity contribution is -0.139. The van der Waals surface area contributed by atoms with Gasteiger partial charge in [0.2, 0.25) is 0 Å². The van der Waals surface area contributed by atoms with Gasteiger partial charge in [-0.3, -0.25) is 9.80 Å². The van der Waals surface area contributed by atoms with Crippen molar-refractivity contribution in [3.63, 3.8) is 0 Å². The topological polar surface area (TPSA) is 73.9 Å². The maximum Gasteiger partial charge on any atom is 0.338 e. The highest BCUT2D eigenvalue weighted by molar-refractivity contribution is 5.95. The molecule has 2 amide bonds. The highest BCUT2D eigenvalue weighted by Crippen LogP contribution is 2.29. The second kappa shape index (κ2) is 10.4. The molecule has 2 N–H and O–H groups in total. The highest BCUT2D eigenvalue weighted by atomic mass is 19.1. The zero-order valence-corrected chi connectivity index (χ0v) is 18.7. The quantitative estimate of drug-likeness (QED) is 0.660. The Morgan fingerprint density at radius 2 is 1.78 bits per heavy atom. The number of rotatable bonds is 6. The first-order valence-electron chi connectivity index (χ1n) is 11.7. The van der Waals surface area contributed by atoms with Crippen molar-refractivity contribution >= 4 is 12.0 Å². The number of halogens is 1. The smallest absolute Gasteiger partial charge is 0.338 e. The molecule has 1 aliphatic carbocycles. The Bertz CT molecular complexity index is 843. The van der Waals surface area contributed by atoms with Crippen molar-refractivity contribution in [2.75, 3.05) is 39.3 Å². The van der Waals surface area contributed by atoms with Crippen molar-refractivity contribution in [1.29, 1.82) is 0 Å². The van der Waals surface area contributed by atoms with E-state index < -0.39 is 12.0 Å². The second-order valence-electron chi connectivity index (χ2n) is 8.80. The highest BCUT2D eigenvalue weighted by Gasteiger charge is 2.35. The predicted molar refractivity (Wildman–Crippen MR) is 119 cm³/mol. The summed E-state index contributed by atoms with van der Waals surface area (Å²) in [5, 5.41) is 5.64. The summed E-state index contributed by atoms with van der Waals surface area (Å²) in [6.45, 7) is 6.24. The Labute approximate surface area is 189 Å². The average molecular weight is 445 g/mol. The van der Waals surface area contributed by atoms with Crippen LogP contribution < -0.4 is 10.6 Å². The zero-order valence-electron chi connectivity index (χ0n) is 18.7. The molecule has 2 fully saturated rings. The van der Waals surface area contributed by atoms with Crippen LogP contribution in [0, 0.1) is 5.82 Å². The molecule has 0 radical (unpaired) electrons. The largest absolute Gasteiger partial charge is 0.463 e. The number of carbonyl (C=O) groups is 2. The molecular formula is C24H33FN4O3. The van der Waals surface area contributed by atoms with E-state index in [1.807, 2.05) is 0 Å². The second-order valence-corrected chi connectivity index (χ2v) is 8.80. The van der Waals surface area contributed by atoms with Gasteiger partial charge < -0.3 is 15.4 Å². The summed E-state index contributed by atoms with van der Waals surface area (Å²) in [6.07, 6.45) is 6.58. The Morgan fingerprint density at radius 1 is 1.09 bits per heavy atom. The van der Waals surface area contributed by atoms with E-state index in [-0.39, 0.29) is 18.5 Å². The van der Waals surface area contributed by atoms with Crippen LogP contribution in [0.15, 0.2) is 35.5 Å². The predicted octanol–water partition coefficient (Wildman–Crippen LogP) is 2.95. The first kappa shape index (κ1) is 22.7. The minimum atomic E-state index is -0.679. The van der Waals surface area contributed by atoms with E-state index in [1.165, 1.54) is 44.2 Å². The summed E-state index contributed by atoms with van der Waals surface area (Å²) in [7, 11) is 0. The van der Waals surface area contributed by atoms with Crippen LogP contribution in [-0.4, -0.2) is 67.2 Å². The van der Waals surface area contributed by atoms with Crippen LogP contribution in [0.25, 0.3) is 0 Å². The number of hydrogen-bond donors (Lipinski definition) is 2. The summed E-state index contributed by atoms with van der Waals surface area (Å²) < 4.78 is 18.8. The molecule has 7 nitrogen and oxygen atoms in total. The molecule has 0 aromatic heterocycles. The van der Waals surface area contributed by atoms with Gasteiger partial charge in [-0.2, -0.15) is 0 Å². The van der Waals surface area contributed by atoms with E-state index in [9.17, 15) is 14.0 Å². The van der Waals surface area contributed by atoms with Gasteiger partial charge in [0.15, 0.2) is 0 Å². The van der Waals surface area contributed by atoms with Gasteiger partial charge in [0.05, 0.1) is 18.2 Å². The summed E-state index contributed by atoms with van der Waals surface area (Å²) in [6, 6.07) is 5.48. The number of nitrogens with zero attached hydrogens (tertiary/aromatic N) is 2. The Morgan fingerprint density at radius 3 is 2.44 bits per heavy atom. The molecule has 2 aliphatic heterocycles. The number of hydrogen-bond acceptors (Lipinski definition) is 5. The van der Waals surface area contributed by atoms with Gasteiger partial charge in [-0.25, -0.2) is 14.0 Å². The van der Waals surface area contributed by atoms with E-state index in [0.717, 1.165) is 26.2 Å². The molecule has 3 aliphatic rings. The van der Waals surface area contributed by atoms with Gasteiger partial charge in [-0.1, -0.05) is 31.4 Å². The van der Waals surface area contributed by atoms with Crippen molar-refractivity contribution in [2.24, 2.45) is 0 Å². The zero-order chi connectivity index (χ0) is 22.5. The first-order chi connectivity index (χ1) is 15.5. The van der Waals surface area contributed by atoms with Crippen molar-refractivity contribution in [2.45, 2.75) is 51.1 Å². The fourth-order valence-electron chi connectivity index (χ4n) is 5.05. The Hall–Kier alpha value is -2.45. The van der Waals surface area contributed by atoms with Crippen LogP contribution in [0.2, 0.25) is 0 Å². The van der Waals surface area contributed by atoms with Gasteiger partial charge in [-0.05, 0) is 37.5 Å². The number of piperazine rings is 1. The van der Waals surface area contributed by atoms with Crippen LogP contribution in [0.3, 0.4) is 0 Å². The molecule has 2 heterocycles. The maximum atomic E-state index is 13.4. The molecule has 1 saturated carbocycles. The number of benzene rings is 1. The first-order valence-corrected chi connectivity index (χ1v) is 11.7. The van der Waals surface area contributed by atoms with Gasteiger partial charge >= 0.3 is 12.0 Å². The minimum Gasteiger partial charge on any atom is -0.463 e. The average Bonchev–Trinajstić information content (AvgIpc) is 2.80. The summed E-state index contributed by atoms with van der Waals surface area (Å²) in [4.78, 5) is 30.2. The minimum absolute atomic E-state index is 0.236. The molecule has 8 heteroatoms. The lowest BCUT2D eigenvalue weighted by Crippen LogP contribution is -2.53. The molecule has 0 bridgehead atoms. The summed E-state index contributed by atoms with van der Waals surface area (Å²) >= 11 is 0. The fourth-order valence-corrected chi connectivity index (χ4v) is 5.05. The fraction of sp³-hybridized carbons (Fsp3) is 0.583. The number of esters is 1. The normalized spacial score (nSPS) is 23.6. The van der Waals surface area contributed by atoms with Crippen molar-refractivity contribution in [1.82, 2.24) is 20.4 Å². The number of nitrogens with one attached hydrogen (secondary N) is 2. The van der Waals surface area contributed by atoms with Crippen molar-refractivity contribution < 1.29 is 18.7 Å². The van der Waals surface area contributed by atoms with Crippen LogP contribution in [0.1, 0.15) is 50.6 Å². The molecule has 1 aromatic rings. The van der Waals surface area contributed by atoms with E-state index in [4.69, 9.17) is 4.74 Å². The van der Waals surface area contributed by atoms with Gasteiger partial charge in [0.1, 0.15) is 5.82 Å². The molecule has 174 valence electrons. The Balaban J connectivity index is 1.52. The molecule has 1 atom stereocenters. The number of carbonyl (C=O) groups excluding carboxylic acids is 2. The monoisotopic (exact) mass is 444 g/mol.